The van der Waals surface area contributed by atoms with Crippen molar-refractivity contribution in [1.82, 2.24) is 0 Å². The van der Waals surface area contributed by atoms with Crippen molar-refractivity contribution < 1.29 is 18.7 Å². The average molecular weight is 330 g/mol. The summed E-state index contributed by atoms with van der Waals surface area (Å²) in [5, 5.41) is 0. The van der Waals surface area contributed by atoms with E-state index in [1.54, 1.807) is 19.3 Å². The van der Waals surface area contributed by atoms with Gasteiger partial charge >= 0.3 is 5.97 Å². The first-order valence-corrected chi connectivity index (χ1v) is 8.74. The lowest BCUT2D eigenvalue weighted by atomic mass is 9.54. The van der Waals surface area contributed by atoms with Crippen LogP contribution in [0.15, 0.2) is 22.3 Å². The number of rotatable bonds is 2. The van der Waals surface area contributed by atoms with Crippen LogP contribution in [-0.2, 0) is 20.7 Å². The second-order valence-corrected chi connectivity index (χ2v) is 7.54. The summed E-state index contributed by atoms with van der Waals surface area (Å²) in [7, 11) is 0. The number of ether oxygens (including phenoxy) is 1. The van der Waals surface area contributed by atoms with Crippen molar-refractivity contribution in [3.8, 4) is 0 Å². The van der Waals surface area contributed by atoms with Gasteiger partial charge in [0.1, 0.15) is 17.6 Å². The number of allylic oxidation sites excluding steroid dienone is 1. The number of ketones is 1. The molecule has 3 rings (SSSR count). The Morgan fingerprint density at radius 3 is 2.83 bits per heavy atom. The Balaban J connectivity index is 2.11. The van der Waals surface area contributed by atoms with Crippen LogP contribution in [0.3, 0.4) is 0 Å². The minimum absolute atomic E-state index is 0.150. The number of hydrogen-bond donors (Lipinski definition) is 0. The first kappa shape index (κ1) is 17.0. The Kier molecular flexibility index (Phi) is 4.18. The van der Waals surface area contributed by atoms with Crippen LogP contribution in [0.1, 0.15) is 63.5 Å². The van der Waals surface area contributed by atoms with E-state index in [4.69, 9.17) is 9.15 Å². The summed E-state index contributed by atoms with van der Waals surface area (Å²) in [5.74, 6) is 0.892. The molecule has 0 unspecified atom stereocenters. The molecule has 2 aliphatic carbocycles. The van der Waals surface area contributed by atoms with Crippen LogP contribution in [0, 0.1) is 24.2 Å². The number of esters is 1. The standard InChI is InChI=1S/C20H26O4/c1-6-11(2)19(22)24-18-17-12(3)10-23-16(17)9-14-15(21)8-7-13(4)20(14,18)5/h6,10,13-14,18H,7-9H2,1-5H3/b11-6-/t13-,14-,18+,20+/m0/s1. The molecular formula is C20H26O4. The van der Waals surface area contributed by atoms with Crippen LogP contribution in [0.4, 0.5) is 0 Å². The molecule has 1 aromatic rings. The summed E-state index contributed by atoms with van der Waals surface area (Å²) >= 11 is 0. The minimum Gasteiger partial charge on any atom is -0.469 e. The molecule has 0 bridgehead atoms. The lowest BCUT2D eigenvalue weighted by Crippen LogP contribution is -2.51. The van der Waals surface area contributed by atoms with Gasteiger partial charge < -0.3 is 9.15 Å². The molecule has 0 N–H and O–H groups in total. The second kappa shape index (κ2) is 5.91. The zero-order chi connectivity index (χ0) is 17.6. The number of Topliss-reactive ketones (excluding diaryl/α,β-unsaturated/α-hetero) is 1. The van der Waals surface area contributed by atoms with E-state index in [2.05, 4.69) is 13.8 Å². The topological polar surface area (TPSA) is 56.5 Å². The summed E-state index contributed by atoms with van der Waals surface area (Å²) in [5.41, 5.74) is 2.15. The van der Waals surface area contributed by atoms with E-state index >= 15 is 0 Å². The fourth-order valence-electron chi connectivity index (χ4n) is 4.33. The first-order chi connectivity index (χ1) is 11.3. The van der Waals surface area contributed by atoms with Gasteiger partial charge in [-0.2, -0.15) is 0 Å². The number of carbonyl (C=O) groups is 2. The molecule has 1 saturated carbocycles. The number of carbonyl (C=O) groups excluding carboxylic acids is 2. The largest absolute Gasteiger partial charge is 0.469 e. The smallest absolute Gasteiger partial charge is 0.334 e. The predicted octanol–water partition coefficient (Wildman–Crippen LogP) is 4.32. The molecule has 0 aromatic carbocycles. The van der Waals surface area contributed by atoms with Crippen molar-refractivity contribution in [2.75, 3.05) is 0 Å². The molecule has 130 valence electrons. The van der Waals surface area contributed by atoms with Crippen LogP contribution >= 0.6 is 0 Å². The van der Waals surface area contributed by atoms with Gasteiger partial charge in [-0.3, -0.25) is 4.79 Å². The van der Waals surface area contributed by atoms with Gasteiger partial charge in [0, 0.05) is 35.3 Å². The highest BCUT2D eigenvalue weighted by Crippen LogP contribution is 2.58. The molecular weight excluding hydrogens is 304 g/mol. The maximum atomic E-state index is 12.6. The Bertz CT molecular complexity index is 711. The third-order valence-corrected chi connectivity index (χ3v) is 6.32. The summed E-state index contributed by atoms with van der Waals surface area (Å²) in [6, 6.07) is 0. The van der Waals surface area contributed by atoms with Crippen molar-refractivity contribution in [2.24, 2.45) is 17.3 Å². The number of hydrogen-bond acceptors (Lipinski definition) is 4. The molecule has 4 atom stereocenters. The fraction of sp³-hybridized carbons (Fsp3) is 0.600. The van der Waals surface area contributed by atoms with Gasteiger partial charge in [0.15, 0.2) is 0 Å². The summed E-state index contributed by atoms with van der Waals surface area (Å²) in [6.45, 7) is 9.83. The molecule has 0 amide bonds. The van der Waals surface area contributed by atoms with E-state index in [1.807, 2.05) is 13.8 Å². The molecule has 1 fully saturated rings. The summed E-state index contributed by atoms with van der Waals surface area (Å²) in [6.07, 6.45) is 5.08. The highest BCUT2D eigenvalue weighted by atomic mass is 16.5. The normalized spacial score (nSPS) is 33.0. The van der Waals surface area contributed by atoms with E-state index < -0.39 is 6.10 Å². The predicted molar refractivity (Wildman–Crippen MR) is 90.4 cm³/mol. The van der Waals surface area contributed by atoms with E-state index in [1.165, 1.54) is 0 Å². The van der Waals surface area contributed by atoms with Crippen LogP contribution in [0.25, 0.3) is 0 Å². The van der Waals surface area contributed by atoms with Crippen LogP contribution < -0.4 is 0 Å². The molecule has 0 spiro atoms. The van der Waals surface area contributed by atoms with E-state index in [0.29, 0.717) is 24.3 Å². The quantitative estimate of drug-likeness (QED) is 0.599. The summed E-state index contributed by atoms with van der Waals surface area (Å²) in [4.78, 5) is 25.1. The van der Waals surface area contributed by atoms with Gasteiger partial charge in [0.2, 0.25) is 0 Å². The fourth-order valence-corrected chi connectivity index (χ4v) is 4.33. The maximum absolute atomic E-state index is 12.6. The highest BCUT2D eigenvalue weighted by molar-refractivity contribution is 5.88. The molecule has 2 aliphatic rings. The zero-order valence-corrected chi connectivity index (χ0v) is 15.1. The zero-order valence-electron chi connectivity index (χ0n) is 15.1. The van der Waals surface area contributed by atoms with E-state index in [9.17, 15) is 9.59 Å². The Morgan fingerprint density at radius 2 is 2.17 bits per heavy atom. The third-order valence-electron chi connectivity index (χ3n) is 6.32. The number of aryl methyl sites for hydroxylation is 1. The van der Waals surface area contributed by atoms with Crippen molar-refractivity contribution in [3.63, 3.8) is 0 Å². The summed E-state index contributed by atoms with van der Waals surface area (Å²) < 4.78 is 11.7. The van der Waals surface area contributed by atoms with Gasteiger partial charge in [-0.15, -0.1) is 0 Å². The maximum Gasteiger partial charge on any atom is 0.334 e. The van der Waals surface area contributed by atoms with E-state index in [-0.39, 0.29) is 23.1 Å². The van der Waals surface area contributed by atoms with Crippen LogP contribution in [-0.4, -0.2) is 11.8 Å². The third kappa shape index (κ3) is 2.35. The molecule has 24 heavy (non-hydrogen) atoms. The molecule has 4 heteroatoms. The van der Waals surface area contributed by atoms with Gasteiger partial charge in [0.05, 0.1) is 6.26 Å². The monoisotopic (exact) mass is 330 g/mol. The molecule has 1 heterocycles. The Morgan fingerprint density at radius 1 is 1.46 bits per heavy atom. The van der Waals surface area contributed by atoms with Crippen molar-refractivity contribution in [1.29, 1.82) is 0 Å². The lowest BCUT2D eigenvalue weighted by Gasteiger charge is -2.51. The first-order valence-electron chi connectivity index (χ1n) is 8.74. The van der Waals surface area contributed by atoms with E-state index in [0.717, 1.165) is 23.3 Å². The Labute approximate surface area is 143 Å². The average Bonchev–Trinajstić information content (AvgIpc) is 2.93. The van der Waals surface area contributed by atoms with Crippen molar-refractivity contribution in [2.45, 2.75) is 60.0 Å². The van der Waals surface area contributed by atoms with Gasteiger partial charge in [-0.25, -0.2) is 4.79 Å². The van der Waals surface area contributed by atoms with Crippen LogP contribution in [0.5, 0.6) is 0 Å². The SMILES string of the molecule is C/C=C(/C)C(=O)O[C@@H]1c2c(C)coc2C[C@H]2C(=O)CC[C@H](C)[C@@]12C. The van der Waals surface area contributed by atoms with Crippen LogP contribution in [0.2, 0.25) is 0 Å². The molecule has 0 aliphatic heterocycles. The van der Waals surface area contributed by atoms with Crippen molar-refractivity contribution in [3.05, 3.63) is 34.8 Å². The highest BCUT2D eigenvalue weighted by Gasteiger charge is 2.57. The lowest BCUT2D eigenvalue weighted by molar-refractivity contribution is -0.169. The number of fused-ring (bicyclic) bond motifs is 2. The molecule has 1 aromatic heterocycles. The molecule has 0 radical (unpaired) electrons. The molecule has 0 saturated heterocycles. The Hall–Kier alpha value is -1.84. The van der Waals surface area contributed by atoms with Gasteiger partial charge in [-0.05, 0) is 38.7 Å². The molecule has 4 nitrogen and oxygen atoms in total. The van der Waals surface area contributed by atoms with Crippen molar-refractivity contribution >= 4 is 11.8 Å². The van der Waals surface area contributed by atoms with Gasteiger partial charge in [-0.1, -0.05) is 19.9 Å². The van der Waals surface area contributed by atoms with Gasteiger partial charge in [0.25, 0.3) is 0 Å². The number of furan rings is 1. The minimum atomic E-state index is -0.438. The second-order valence-electron chi connectivity index (χ2n) is 7.54.